The fourth-order valence-electron chi connectivity index (χ4n) is 4.89. The van der Waals surface area contributed by atoms with Crippen molar-refractivity contribution in [2.24, 2.45) is 5.92 Å². The highest BCUT2D eigenvalue weighted by Gasteiger charge is 2.29. The summed E-state index contributed by atoms with van der Waals surface area (Å²) >= 11 is 0. The SMILES string of the molecule is CCN(CC)C(=O)c1cccc(C=C2CC[C@H](CN(C)C)[C@H](c3cccc(OC)c3)C2)c1.Cl. The first-order valence-electron chi connectivity index (χ1n) is 11.8. The summed E-state index contributed by atoms with van der Waals surface area (Å²) in [5.74, 6) is 2.11. The summed E-state index contributed by atoms with van der Waals surface area (Å²) in [6.45, 7) is 6.60. The highest BCUT2D eigenvalue weighted by Crippen LogP contribution is 2.42. The van der Waals surface area contributed by atoms with Crippen LogP contribution in [0.3, 0.4) is 0 Å². The van der Waals surface area contributed by atoms with Crippen LogP contribution in [0.25, 0.3) is 6.08 Å². The number of benzene rings is 2. The molecule has 4 nitrogen and oxygen atoms in total. The summed E-state index contributed by atoms with van der Waals surface area (Å²) in [7, 11) is 6.05. The summed E-state index contributed by atoms with van der Waals surface area (Å²) in [6, 6.07) is 16.6. The summed E-state index contributed by atoms with van der Waals surface area (Å²) in [6.07, 6.45) is 5.62. The summed E-state index contributed by atoms with van der Waals surface area (Å²) in [5, 5.41) is 0. The first-order chi connectivity index (χ1) is 15.4. The van der Waals surface area contributed by atoms with Crippen molar-refractivity contribution in [1.29, 1.82) is 0 Å². The van der Waals surface area contributed by atoms with Gasteiger partial charge in [-0.2, -0.15) is 0 Å². The van der Waals surface area contributed by atoms with E-state index in [2.05, 4.69) is 49.3 Å². The highest BCUT2D eigenvalue weighted by atomic mass is 35.5. The second kappa shape index (κ2) is 12.8. The van der Waals surface area contributed by atoms with Crippen LogP contribution in [0.15, 0.2) is 54.1 Å². The van der Waals surface area contributed by atoms with Crippen molar-refractivity contribution in [3.8, 4) is 5.75 Å². The Bertz CT molecular complexity index is 937. The average molecular weight is 471 g/mol. The zero-order chi connectivity index (χ0) is 23.1. The van der Waals surface area contributed by atoms with E-state index in [0.29, 0.717) is 11.8 Å². The van der Waals surface area contributed by atoms with Crippen LogP contribution < -0.4 is 4.74 Å². The fourth-order valence-corrected chi connectivity index (χ4v) is 4.89. The maximum absolute atomic E-state index is 12.8. The van der Waals surface area contributed by atoms with Gasteiger partial charge in [-0.15, -0.1) is 12.4 Å². The molecule has 2 aromatic carbocycles. The van der Waals surface area contributed by atoms with Crippen molar-refractivity contribution < 1.29 is 9.53 Å². The number of hydrogen-bond acceptors (Lipinski definition) is 3. The van der Waals surface area contributed by atoms with Crippen LogP contribution in [0.1, 0.15) is 60.5 Å². The van der Waals surface area contributed by atoms with Gasteiger partial charge in [0.15, 0.2) is 0 Å². The minimum atomic E-state index is 0. The van der Waals surface area contributed by atoms with Gasteiger partial charge in [-0.25, -0.2) is 0 Å². The first kappa shape index (κ1) is 26.9. The molecule has 1 aliphatic rings. The zero-order valence-corrected chi connectivity index (χ0v) is 21.5. The van der Waals surface area contributed by atoms with E-state index in [1.54, 1.807) is 7.11 Å². The Morgan fingerprint density at radius 2 is 1.82 bits per heavy atom. The Labute approximate surface area is 206 Å². The normalized spacial score (nSPS) is 19.3. The minimum Gasteiger partial charge on any atom is -0.497 e. The number of amides is 1. The molecule has 1 fully saturated rings. The zero-order valence-electron chi connectivity index (χ0n) is 20.7. The number of halogens is 1. The van der Waals surface area contributed by atoms with Gasteiger partial charge >= 0.3 is 0 Å². The van der Waals surface area contributed by atoms with Crippen molar-refractivity contribution in [1.82, 2.24) is 9.80 Å². The molecule has 5 heteroatoms. The molecule has 0 bridgehead atoms. The molecule has 3 rings (SSSR count). The van der Waals surface area contributed by atoms with Crippen LogP contribution in [0.4, 0.5) is 0 Å². The van der Waals surface area contributed by atoms with Crippen LogP contribution in [-0.2, 0) is 0 Å². The monoisotopic (exact) mass is 470 g/mol. The van der Waals surface area contributed by atoms with Gasteiger partial charge in [0.2, 0.25) is 0 Å². The van der Waals surface area contributed by atoms with Gasteiger partial charge in [-0.3, -0.25) is 4.79 Å². The number of carbonyl (C=O) groups is 1. The molecule has 0 aliphatic heterocycles. The van der Waals surface area contributed by atoms with Crippen molar-refractivity contribution in [3.63, 3.8) is 0 Å². The molecule has 180 valence electrons. The lowest BCUT2D eigenvalue weighted by Crippen LogP contribution is -2.30. The van der Waals surface area contributed by atoms with Crippen molar-refractivity contribution >= 4 is 24.4 Å². The van der Waals surface area contributed by atoms with Crippen molar-refractivity contribution in [2.45, 2.75) is 39.0 Å². The maximum atomic E-state index is 12.8. The van der Waals surface area contributed by atoms with Crippen LogP contribution in [-0.4, -0.2) is 56.5 Å². The Balaban J connectivity index is 0.00000385. The minimum absolute atomic E-state index is 0. The van der Waals surface area contributed by atoms with E-state index in [9.17, 15) is 4.79 Å². The fraction of sp³-hybridized carbons (Fsp3) is 0.464. The van der Waals surface area contributed by atoms with E-state index in [1.807, 2.05) is 43.0 Å². The number of carbonyl (C=O) groups excluding carboxylic acids is 1. The number of allylic oxidation sites excluding steroid dienone is 1. The second-order valence-electron chi connectivity index (χ2n) is 9.05. The van der Waals surface area contributed by atoms with E-state index in [-0.39, 0.29) is 18.3 Å². The topological polar surface area (TPSA) is 32.8 Å². The number of ether oxygens (including phenoxy) is 1. The van der Waals surface area contributed by atoms with Crippen LogP contribution in [0.2, 0.25) is 0 Å². The van der Waals surface area contributed by atoms with E-state index in [4.69, 9.17) is 4.74 Å². The molecule has 1 amide bonds. The molecule has 0 radical (unpaired) electrons. The van der Waals surface area contributed by atoms with Crippen LogP contribution in [0.5, 0.6) is 5.75 Å². The summed E-state index contributed by atoms with van der Waals surface area (Å²) in [4.78, 5) is 17.0. The molecule has 0 heterocycles. The third-order valence-corrected chi connectivity index (χ3v) is 6.56. The number of methoxy groups -OCH3 is 1. The van der Waals surface area contributed by atoms with Gasteiger partial charge < -0.3 is 14.5 Å². The molecule has 2 aromatic rings. The highest BCUT2D eigenvalue weighted by molar-refractivity contribution is 5.94. The molecule has 1 saturated carbocycles. The standard InChI is InChI=1S/C28H38N2O2.ClH/c1-6-30(7-2)28(31)24-12-8-10-21(17-24)16-22-14-15-25(20-29(3)4)27(18-22)23-11-9-13-26(19-23)32-5;/h8-13,16-17,19,25,27H,6-7,14-15,18,20H2,1-5H3;1H/t25-,27+;/m1./s1. The van der Waals surface area contributed by atoms with Crippen molar-refractivity contribution in [2.75, 3.05) is 40.8 Å². The largest absolute Gasteiger partial charge is 0.497 e. The summed E-state index contributed by atoms with van der Waals surface area (Å²) in [5.41, 5.74) is 4.70. The molecule has 0 saturated heterocycles. The molecule has 0 N–H and O–H groups in total. The van der Waals surface area contributed by atoms with E-state index < -0.39 is 0 Å². The van der Waals surface area contributed by atoms with Crippen LogP contribution >= 0.6 is 12.4 Å². The van der Waals surface area contributed by atoms with Gasteiger partial charge in [0.1, 0.15) is 5.75 Å². The molecule has 0 unspecified atom stereocenters. The van der Waals surface area contributed by atoms with Gasteiger partial charge in [0.05, 0.1) is 7.11 Å². The average Bonchev–Trinajstić information content (AvgIpc) is 2.80. The lowest BCUT2D eigenvalue weighted by molar-refractivity contribution is 0.0773. The molecule has 33 heavy (non-hydrogen) atoms. The lowest BCUT2D eigenvalue weighted by Gasteiger charge is -2.35. The Morgan fingerprint density at radius 3 is 2.48 bits per heavy atom. The molecule has 2 atom stereocenters. The second-order valence-corrected chi connectivity index (χ2v) is 9.05. The van der Waals surface area contributed by atoms with Gasteiger partial charge in [0, 0.05) is 25.2 Å². The predicted octanol–water partition coefficient (Wildman–Crippen LogP) is 6.13. The Kier molecular flexibility index (Phi) is 10.5. The predicted molar refractivity (Wildman–Crippen MR) is 141 cm³/mol. The Hall–Kier alpha value is -2.30. The van der Waals surface area contributed by atoms with E-state index >= 15 is 0 Å². The smallest absolute Gasteiger partial charge is 0.253 e. The van der Waals surface area contributed by atoms with Crippen molar-refractivity contribution in [3.05, 3.63) is 70.8 Å². The van der Waals surface area contributed by atoms with E-state index in [1.165, 1.54) is 17.6 Å². The number of nitrogens with zero attached hydrogens (tertiary/aromatic N) is 2. The van der Waals surface area contributed by atoms with Gasteiger partial charge in [-0.05, 0) is 94.4 Å². The molecule has 1 aliphatic carbocycles. The Morgan fingerprint density at radius 1 is 1.09 bits per heavy atom. The molecule has 0 aromatic heterocycles. The van der Waals surface area contributed by atoms with Crippen LogP contribution in [0, 0.1) is 5.92 Å². The summed E-state index contributed by atoms with van der Waals surface area (Å²) < 4.78 is 5.50. The third kappa shape index (κ3) is 7.09. The molecular weight excluding hydrogens is 432 g/mol. The van der Waals surface area contributed by atoms with E-state index in [0.717, 1.165) is 49.4 Å². The van der Waals surface area contributed by atoms with Gasteiger partial charge in [0.25, 0.3) is 5.91 Å². The number of rotatable bonds is 8. The first-order valence-corrected chi connectivity index (χ1v) is 11.8. The lowest BCUT2D eigenvalue weighted by atomic mass is 9.73. The molecule has 0 spiro atoms. The number of hydrogen-bond donors (Lipinski definition) is 0. The molecular formula is C28H39ClN2O2. The van der Waals surface area contributed by atoms with Gasteiger partial charge in [-0.1, -0.05) is 35.9 Å². The quantitative estimate of drug-likeness (QED) is 0.465. The maximum Gasteiger partial charge on any atom is 0.253 e. The third-order valence-electron chi connectivity index (χ3n) is 6.56.